The number of benzene rings is 2. The van der Waals surface area contributed by atoms with Gasteiger partial charge in [-0.1, -0.05) is 62.1 Å². The molecule has 172 valence electrons. The predicted octanol–water partition coefficient (Wildman–Crippen LogP) is 5.97. The zero-order chi connectivity index (χ0) is 23.8. The summed E-state index contributed by atoms with van der Waals surface area (Å²) in [5.41, 5.74) is 5.80. The van der Waals surface area contributed by atoms with E-state index in [0.717, 1.165) is 53.3 Å². The van der Waals surface area contributed by atoms with E-state index in [4.69, 9.17) is 4.74 Å². The van der Waals surface area contributed by atoms with E-state index in [1.165, 1.54) is 11.1 Å². The van der Waals surface area contributed by atoms with Crippen LogP contribution in [0.25, 0.3) is 22.3 Å². The van der Waals surface area contributed by atoms with Gasteiger partial charge in [-0.05, 0) is 47.7 Å². The van der Waals surface area contributed by atoms with Crippen LogP contribution in [-0.2, 0) is 29.7 Å². The van der Waals surface area contributed by atoms with Crippen LogP contribution in [0, 0.1) is 11.3 Å². The SMILES string of the molecule is C[Si](C)(C)CCOCn1ccc2c(-c3cccc(C4(C#N)Cc5ccccc5C4)c3)ncnc21. The molecule has 6 heteroatoms. The fourth-order valence-corrected chi connectivity index (χ4v) is 5.56. The maximum Gasteiger partial charge on any atom is 0.145 e. The highest BCUT2D eigenvalue weighted by Gasteiger charge is 2.39. The molecule has 2 aromatic carbocycles. The molecule has 0 bridgehead atoms. The summed E-state index contributed by atoms with van der Waals surface area (Å²) in [5.74, 6) is 0. The lowest BCUT2D eigenvalue weighted by Crippen LogP contribution is -2.24. The minimum Gasteiger partial charge on any atom is -0.361 e. The van der Waals surface area contributed by atoms with Crippen molar-refractivity contribution in [1.29, 1.82) is 5.26 Å². The van der Waals surface area contributed by atoms with E-state index in [2.05, 4.69) is 84.2 Å². The highest BCUT2D eigenvalue weighted by molar-refractivity contribution is 6.76. The third-order valence-electron chi connectivity index (χ3n) is 6.79. The summed E-state index contributed by atoms with van der Waals surface area (Å²) >= 11 is 0. The molecule has 2 aromatic heterocycles. The quantitative estimate of drug-likeness (QED) is 0.249. The summed E-state index contributed by atoms with van der Waals surface area (Å²) in [6.45, 7) is 8.33. The number of fused-ring (bicyclic) bond motifs is 2. The van der Waals surface area contributed by atoms with E-state index >= 15 is 0 Å². The standard InChI is InChI=1S/C28H30N4OSi/c1-34(2,3)14-13-33-20-32-12-11-25-26(30-19-31-27(25)32)21-9-6-10-24(15-21)28(18-29)16-22-7-4-5-8-23(22)17-28/h4-12,15,19H,13-14,16-17,20H2,1-3H3. The van der Waals surface area contributed by atoms with Crippen molar-refractivity contribution in [3.8, 4) is 17.3 Å². The van der Waals surface area contributed by atoms with Crippen LogP contribution < -0.4 is 0 Å². The molecule has 0 saturated heterocycles. The average molecular weight is 467 g/mol. The van der Waals surface area contributed by atoms with Crippen LogP contribution in [0.2, 0.25) is 25.7 Å². The van der Waals surface area contributed by atoms with Crippen LogP contribution in [0.3, 0.4) is 0 Å². The number of aromatic nitrogens is 3. The van der Waals surface area contributed by atoms with Crippen molar-refractivity contribution in [2.24, 2.45) is 0 Å². The summed E-state index contributed by atoms with van der Waals surface area (Å²) < 4.78 is 7.99. The molecule has 0 radical (unpaired) electrons. The molecule has 1 aliphatic rings. The van der Waals surface area contributed by atoms with Crippen molar-refractivity contribution in [2.45, 2.75) is 50.7 Å². The lowest BCUT2D eigenvalue weighted by atomic mass is 9.78. The van der Waals surface area contributed by atoms with E-state index in [1.54, 1.807) is 6.33 Å². The van der Waals surface area contributed by atoms with Crippen LogP contribution in [0.4, 0.5) is 0 Å². The van der Waals surface area contributed by atoms with Crippen molar-refractivity contribution in [3.05, 3.63) is 83.8 Å². The van der Waals surface area contributed by atoms with Gasteiger partial charge in [0.05, 0.1) is 17.2 Å². The van der Waals surface area contributed by atoms with Crippen LogP contribution in [0.15, 0.2) is 67.1 Å². The zero-order valence-corrected chi connectivity index (χ0v) is 21.1. The molecular weight excluding hydrogens is 436 g/mol. The van der Waals surface area contributed by atoms with Gasteiger partial charge in [0, 0.05) is 31.8 Å². The minimum atomic E-state index is -1.12. The van der Waals surface area contributed by atoms with Crippen molar-refractivity contribution < 1.29 is 4.74 Å². The average Bonchev–Trinajstić information content (AvgIpc) is 3.43. The maximum absolute atomic E-state index is 10.2. The first-order valence-electron chi connectivity index (χ1n) is 11.9. The molecule has 0 unspecified atom stereocenters. The Morgan fingerprint density at radius 3 is 2.50 bits per heavy atom. The van der Waals surface area contributed by atoms with E-state index in [-0.39, 0.29) is 0 Å². The Labute approximate surface area is 202 Å². The van der Waals surface area contributed by atoms with E-state index in [9.17, 15) is 5.26 Å². The van der Waals surface area contributed by atoms with Crippen molar-refractivity contribution in [1.82, 2.24) is 14.5 Å². The first kappa shape index (κ1) is 22.5. The van der Waals surface area contributed by atoms with Gasteiger partial charge < -0.3 is 9.30 Å². The van der Waals surface area contributed by atoms with Crippen molar-refractivity contribution in [3.63, 3.8) is 0 Å². The Bertz CT molecular complexity index is 1350. The Morgan fingerprint density at radius 1 is 1.03 bits per heavy atom. The summed E-state index contributed by atoms with van der Waals surface area (Å²) in [6, 6.07) is 22.6. The fourth-order valence-electron chi connectivity index (χ4n) is 4.81. The number of hydrogen-bond acceptors (Lipinski definition) is 4. The number of nitriles is 1. The Morgan fingerprint density at radius 2 is 1.79 bits per heavy atom. The normalized spacial score (nSPS) is 14.8. The lowest BCUT2D eigenvalue weighted by Gasteiger charge is -2.21. The van der Waals surface area contributed by atoms with Gasteiger partial charge in [-0.15, -0.1) is 0 Å². The van der Waals surface area contributed by atoms with Gasteiger partial charge in [-0.25, -0.2) is 9.97 Å². The molecule has 0 amide bonds. The van der Waals surface area contributed by atoms with Gasteiger partial charge >= 0.3 is 0 Å². The summed E-state index contributed by atoms with van der Waals surface area (Å²) in [6.07, 6.45) is 5.13. The molecule has 2 heterocycles. The van der Waals surface area contributed by atoms with E-state index < -0.39 is 13.5 Å². The van der Waals surface area contributed by atoms with Gasteiger partial charge in [0.15, 0.2) is 0 Å². The van der Waals surface area contributed by atoms with Crippen molar-refractivity contribution in [2.75, 3.05) is 6.61 Å². The predicted molar refractivity (Wildman–Crippen MR) is 138 cm³/mol. The molecule has 0 atom stereocenters. The molecule has 34 heavy (non-hydrogen) atoms. The van der Waals surface area contributed by atoms with Crippen LogP contribution in [0.1, 0.15) is 16.7 Å². The molecule has 0 spiro atoms. The summed E-state index contributed by atoms with van der Waals surface area (Å²) in [7, 11) is -1.12. The fraction of sp³-hybridized carbons (Fsp3) is 0.321. The molecule has 0 fully saturated rings. The number of hydrogen-bond donors (Lipinski definition) is 0. The van der Waals surface area contributed by atoms with Gasteiger partial charge in [0.2, 0.25) is 0 Å². The number of nitrogens with zero attached hydrogens (tertiary/aromatic N) is 4. The van der Waals surface area contributed by atoms with Gasteiger partial charge in [-0.2, -0.15) is 5.26 Å². The number of rotatable bonds is 7. The smallest absolute Gasteiger partial charge is 0.145 e. The zero-order valence-electron chi connectivity index (χ0n) is 20.1. The first-order chi connectivity index (χ1) is 16.4. The monoisotopic (exact) mass is 466 g/mol. The summed E-state index contributed by atoms with van der Waals surface area (Å²) in [5, 5.41) is 11.2. The topological polar surface area (TPSA) is 63.7 Å². The van der Waals surface area contributed by atoms with Crippen molar-refractivity contribution >= 4 is 19.1 Å². The molecule has 4 aromatic rings. The van der Waals surface area contributed by atoms with Gasteiger partial charge in [0.1, 0.15) is 18.7 Å². The lowest BCUT2D eigenvalue weighted by molar-refractivity contribution is 0.0899. The van der Waals surface area contributed by atoms with Crippen LogP contribution >= 0.6 is 0 Å². The third-order valence-corrected chi connectivity index (χ3v) is 8.49. The Balaban J connectivity index is 1.44. The van der Waals surface area contributed by atoms with Gasteiger partial charge in [-0.3, -0.25) is 0 Å². The molecule has 0 saturated carbocycles. The van der Waals surface area contributed by atoms with Crippen LogP contribution in [0.5, 0.6) is 0 Å². The third kappa shape index (κ3) is 4.29. The largest absolute Gasteiger partial charge is 0.361 e. The maximum atomic E-state index is 10.2. The van der Waals surface area contributed by atoms with E-state index in [0.29, 0.717) is 6.73 Å². The van der Waals surface area contributed by atoms with Crippen LogP contribution in [-0.4, -0.2) is 29.2 Å². The molecule has 5 rings (SSSR count). The molecule has 0 N–H and O–H groups in total. The molecule has 1 aliphatic carbocycles. The first-order valence-corrected chi connectivity index (χ1v) is 15.6. The summed E-state index contributed by atoms with van der Waals surface area (Å²) in [4.78, 5) is 9.17. The second kappa shape index (κ2) is 8.82. The van der Waals surface area contributed by atoms with E-state index in [1.807, 2.05) is 16.8 Å². The Kier molecular flexibility index (Phi) is 5.84. The molecular formula is C28H30N4OSi. The highest BCUT2D eigenvalue weighted by atomic mass is 28.3. The molecule has 0 aliphatic heterocycles. The van der Waals surface area contributed by atoms with Gasteiger partial charge in [0.25, 0.3) is 0 Å². The minimum absolute atomic E-state index is 0.486. The Hall–Kier alpha value is -3.27. The number of ether oxygens (including phenoxy) is 1. The highest BCUT2D eigenvalue weighted by Crippen LogP contribution is 2.40. The second-order valence-electron chi connectivity index (χ2n) is 10.5. The molecule has 5 nitrogen and oxygen atoms in total. The second-order valence-corrected chi connectivity index (χ2v) is 16.1.